The lowest BCUT2D eigenvalue weighted by atomic mass is 9.87. The van der Waals surface area contributed by atoms with Crippen LogP contribution in [0, 0.1) is 0 Å². The van der Waals surface area contributed by atoms with Crippen LogP contribution >= 0.6 is 0 Å². The van der Waals surface area contributed by atoms with Crippen LogP contribution in [0.1, 0.15) is 10.4 Å². The van der Waals surface area contributed by atoms with Gasteiger partial charge in [-0.3, -0.25) is 14.5 Å². The Kier molecular flexibility index (Phi) is 5.73. The molecule has 0 saturated heterocycles. The molecule has 0 aliphatic carbocycles. The molecule has 8 heteroatoms. The standard InChI is InChI=1S/C12H13BNO6/c1-14(6-10(15)16)7-11(17)20-13-9-4-2-3-8(5-9)12(18)19/h2-5H,6-7H2,1H3,(H,15,16)(H,18,19). The van der Waals surface area contributed by atoms with Gasteiger partial charge in [0.15, 0.2) is 0 Å². The van der Waals surface area contributed by atoms with Crippen molar-refractivity contribution in [2.45, 2.75) is 0 Å². The van der Waals surface area contributed by atoms with Crippen LogP contribution in [0.2, 0.25) is 0 Å². The second-order valence-corrected chi connectivity index (χ2v) is 4.10. The molecule has 0 heterocycles. The molecule has 0 bridgehead atoms. The van der Waals surface area contributed by atoms with Crippen LogP contribution in [0.25, 0.3) is 0 Å². The van der Waals surface area contributed by atoms with E-state index >= 15 is 0 Å². The van der Waals surface area contributed by atoms with Gasteiger partial charge in [0.2, 0.25) is 0 Å². The first-order valence-corrected chi connectivity index (χ1v) is 5.65. The molecule has 0 fully saturated rings. The Morgan fingerprint density at radius 2 is 1.95 bits per heavy atom. The maximum Gasteiger partial charge on any atom is 0.412 e. The van der Waals surface area contributed by atoms with E-state index in [2.05, 4.69) is 0 Å². The maximum atomic E-state index is 11.4. The third-order valence-electron chi connectivity index (χ3n) is 2.26. The summed E-state index contributed by atoms with van der Waals surface area (Å²) in [5, 5.41) is 17.3. The van der Waals surface area contributed by atoms with Gasteiger partial charge in [-0.1, -0.05) is 12.1 Å². The molecular weight excluding hydrogens is 265 g/mol. The van der Waals surface area contributed by atoms with E-state index in [4.69, 9.17) is 14.9 Å². The first kappa shape index (κ1) is 15.7. The van der Waals surface area contributed by atoms with Crippen molar-refractivity contribution in [3.05, 3.63) is 29.8 Å². The number of aliphatic carboxylic acids is 1. The lowest BCUT2D eigenvalue weighted by Gasteiger charge is -2.12. The minimum atomic E-state index is -1.08. The van der Waals surface area contributed by atoms with Gasteiger partial charge in [-0.15, -0.1) is 0 Å². The van der Waals surface area contributed by atoms with Crippen molar-refractivity contribution < 1.29 is 29.3 Å². The van der Waals surface area contributed by atoms with Gasteiger partial charge < -0.3 is 14.9 Å². The van der Waals surface area contributed by atoms with Gasteiger partial charge in [-0.2, -0.15) is 0 Å². The topological polar surface area (TPSA) is 104 Å². The Morgan fingerprint density at radius 3 is 2.55 bits per heavy atom. The fourth-order valence-corrected chi connectivity index (χ4v) is 1.42. The van der Waals surface area contributed by atoms with E-state index in [1.807, 2.05) is 0 Å². The molecule has 0 aliphatic rings. The Hall–Kier alpha value is -2.35. The van der Waals surface area contributed by atoms with Gasteiger partial charge in [0, 0.05) is 0 Å². The summed E-state index contributed by atoms with van der Waals surface area (Å²) in [5.41, 5.74) is 0.511. The second-order valence-electron chi connectivity index (χ2n) is 4.10. The highest BCUT2D eigenvalue weighted by Crippen LogP contribution is 1.96. The summed E-state index contributed by atoms with van der Waals surface area (Å²) >= 11 is 0. The summed E-state index contributed by atoms with van der Waals surface area (Å²) in [7, 11) is 2.60. The van der Waals surface area contributed by atoms with E-state index in [0.717, 1.165) is 7.48 Å². The Bertz CT molecular complexity index is 518. The molecule has 0 aliphatic heterocycles. The summed E-state index contributed by atoms with van der Waals surface area (Å²) in [6.45, 7) is -0.453. The normalized spacial score (nSPS) is 10.1. The molecule has 0 spiro atoms. The molecule has 0 aromatic heterocycles. The first-order valence-electron chi connectivity index (χ1n) is 5.65. The smallest absolute Gasteiger partial charge is 0.412 e. The summed E-state index contributed by atoms with van der Waals surface area (Å²) in [4.78, 5) is 33.9. The van der Waals surface area contributed by atoms with Crippen molar-refractivity contribution in [2.24, 2.45) is 0 Å². The van der Waals surface area contributed by atoms with Crippen LogP contribution < -0.4 is 5.46 Å². The molecular formula is C12H13BNO6. The van der Waals surface area contributed by atoms with Crippen molar-refractivity contribution in [1.82, 2.24) is 4.90 Å². The highest BCUT2D eigenvalue weighted by molar-refractivity contribution is 6.49. The van der Waals surface area contributed by atoms with Crippen molar-refractivity contribution in [1.29, 1.82) is 0 Å². The van der Waals surface area contributed by atoms with E-state index < -0.39 is 17.9 Å². The largest absolute Gasteiger partial charge is 0.532 e. The molecule has 7 nitrogen and oxygen atoms in total. The van der Waals surface area contributed by atoms with Crippen LogP contribution in [0.3, 0.4) is 0 Å². The number of aromatic carboxylic acids is 1. The van der Waals surface area contributed by atoms with Crippen LogP contribution in [-0.4, -0.2) is 60.6 Å². The molecule has 2 N–H and O–H groups in total. The first-order chi connectivity index (χ1) is 9.38. The van der Waals surface area contributed by atoms with Crippen LogP contribution in [0.4, 0.5) is 0 Å². The number of carboxylic acid groups (broad SMARTS) is 2. The molecule has 20 heavy (non-hydrogen) atoms. The van der Waals surface area contributed by atoms with Crippen LogP contribution in [0.5, 0.6) is 0 Å². The van der Waals surface area contributed by atoms with E-state index in [9.17, 15) is 14.4 Å². The second kappa shape index (κ2) is 7.29. The van der Waals surface area contributed by atoms with Gasteiger partial charge in [0.25, 0.3) is 0 Å². The lowest BCUT2D eigenvalue weighted by Crippen LogP contribution is -2.33. The summed E-state index contributed by atoms with van der Waals surface area (Å²) < 4.78 is 4.82. The predicted molar refractivity (Wildman–Crippen MR) is 70.0 cm³/mol. The fraction of sp³-hybridized carbons (Fsp3) is 0.250. The summed E-state index contributed by atoms with van der Waals surface area (Å²) in [5.74, 6) is -2.75. The molecule has 0 atom stereocenters. The number of benzene rings is 1. The zero-order valence-corrected chi connectivity index (χ0v) is 10.8. The molecule has 0 amide bonds. The monoisotopic (exact) mass is 278 g/mol. The Balaban J connectivity index is 2.46. The Labute approximate surface area is 116 Å². The third-order valence-corrected chi connectivity index (χ3v) is 2.26. The number of hydrogen-bond donors (Lipinski definition) is 2. The van der Waals surface area contributed by atoms with Crippen LogP contribution in [-0.2, 0) is 14.2 Å². The number of rotatable bonds is 7. The van der Waals surface area contributed by atoms with Crippen molar-refractivity contribution in [3.8, 4) is 0 Å². The number of nitrogens with zero attached hydrogens (tertiary/aromatic N) is 1. The SMILES string of the molecule is CN(CC(=O)O)CC(=O)O[B]c1cccc(C(=O)O)c1. The Morgan fingerprint density at radius 1 is 1.25 bits per heavy atom. The third kappa shape index (κ3) is 5.53. The fourth-order valence-electron chi connectivity index (χ4n) is 1.42. The van der Waals surface area contributed by atoms with E-state index in [-0.39, 0.29) is 18.7 Å². The zero-order chi connectivity index (χ0) is 15.1. The van der Waals surface area contributed by atoms with Gasteiger partial charge in [-0.25, -0.2) is 4.79 Å². The molecule has 1 aromatic carbocycles. The minimum absolute atomic E-state index is 0.0813. The number of hydrogen-bond acceptors (Lipinski definition) is 5. The molecule has 105 valence electrons. The van der Waals surface area contributed by atoms with Crippen molar-refractivity contribution >= 4 is 30.9 Å². The number of carboxylic acids is 2. The molecule has 1 radical (unpaired) electrons. The minimum Gasteiger partial charge on any atom is -0.532 e. The number of carbonyl (C=O) groups excluding carboxylic acids is 1. The molecule has 0 saturated carbocycles. The van der Waals surface area contributed by atoms with E-state index in [0.29, 0.717) is 5.46 Å². The highest BCUT2D eigenvalue weighted by atomic mass is 16.5. The van der Waals surface area contributed by atoms with Gasteiger partial charge >= 0.3 is 25.4 Å². The van der Waals surface area contributed by atoms with E-state index in [1.54, 1.807) is 6.07 Å². The van der Waals surface area contributed by atoms with Gasteiger partial charge in [0.1, 0.15) is 0 Å². The van der Waals surface area contributed by atoms with Gasteiger partial charge in [0.05, 0.1) is 18.7 Å². The average molecular weight is 278 g/mol. The summed E-state index contributed by atoms with van der Waals surface area (Å²) in [6.07, 6.45) is 0. The van der Waals surface area contributed by atoms with Gasteiger partial charge in [-0.05, 0) is 24.6 Å². The summed E-state index contributed by atoms with van der Waals surface area (Å²) in [6, 6.07) is 5.89. The molecule has 1 aromatic rings. The highest BCUT2D eigenvalue weighted by Gasteiger charge is 2.12. The lowest BCUT2D eigenvalue weighted by molar-refractivity contribution is -0.139. The number of likely N-dealkylation sites (N-methyl/N-ethyl adjacent to an activating group) is 1. The molecule has 0 unspecified atom stereocenters. The van der Waals surface area contributed by atoms with E-state index in [1.165, 1.54) is 30.1 Å². The van der Waals surface area contributed by atoms with Crippen molar-refractivity contribution in [2.75, 3.05) is 20.1 Å². The molecule has 1 rings (SSSR count). The van der Waals surface area contributed by atoms with Crippen LogP contribution in [0.15, 0.2) is 24.3 Å². The number of carbonyl (C=O) groups is 3. The maximum absolute atomic E-state index is 11.4. The quantitative estimate of drug-likeness (QED) is 0.628. The predicted octanol–water partition coefficient (Wildman–Crippen LogP) is -0.811. The zero-order valence-electron chi connectivity index (χ0n) is 10.8. The average Bonchev–Trinajstić information content (AvgIpc) is 2.35. The van der Waals surface area contributed by atoms with Crippen molar-refractivity contribution in [3.63, 3.8) is 0 Å².